The molecule has 0 saturated heterocycles. The molecule has 0 fully saturated rings. The van der Waals surface area contributed by atoms with E-state index in [4.69, 9.17) is 9.47 Å². The fourth-order valence-electron chi connectivity index (χ4n) is 2.01. The third kappa shape index (κ3) is 9.02. The normalized spacial score (nSPS) is 10.8. The Hall–Kier alpha value is -2.24. The SMILES string of the molecule is COc1ccc(CCCC(=O)NCCNC(=O)OC(C)(C)C)cc1. The van der Waals surface area contributed by atoms with Crippen molar-refractivity contribution in [2.75, 3.05) is 20.2 Å². The van der Waals surface area contributed by atoms with E-state index in [-0.39, 0.29) is 5.91 Å². The zero-order valence-corrected chi connectivity index (χ0v) is 15.0. The van der Waals surface area contributed by atoms with Gasteiger partial charge >= 0.3 is 6.09 Å². The maximum absolute atomic E-state index is 11.7. The summed E-state index contributed by atoms with van der Waals surface area (Å²) in [5, 5.41) is 5.38. The summed E-state index contributed by atoms with van der Waals surface area (Å²) in [6.07, 6.45) is 1.60. The van der Waals surface area contributed by atoms with Gasteiger partial charge in [0.2, 0.25) is 5.91 Å². The van der Waals surface area contributed by atoms with Crippen LogP contribution in [-0.2, 0) is 16.0 Å². The molecule has 0 spiro atoms. The maximum Gasteiger partial charge on any atom is 0.407 e. The lowest BCUT2D eigenvalue weighted by Crippen LogP contribution is -2.37. The number of aryl methyl sites for hydroxylation is 1. The van der Waals surface area contributed by atoms with Gasteiger partial charge in [0.05, 0.1) is 7.11 Å². The van der Waals surface area contributed by atoms with Crippen molar-refractivity contribution in [3.8, 4) is 5.75 Å². The molecule has 0 bridgehead atoms. The molecule has 2 amide bonds. The van der Waals surface area contributed by atoms with Crippen LogP contribution in [0.3, 0.4) is 0 Å². The van der Waals surface area contributed by atoms with Gasteiger partial charge in [-0.25, -0.2) is 4.79 Å². The number of nitrogens with one attached hydrogen (secondary N) is 2. The van der Waals surface area contributed by atoms with Gasteiger partial charge in [0.25, 0.3) is 0 Å². The second-order valence-electron chi connectivity index (χ2n) is 6.48. The van der Waals surface area contributed by atoms with Gasteiger partial charge in [0, 0.05) is 19.5 Å². The zero-order chi connectivity index (χ0) is 18.0. The van der Waals surface area contributed by atoms with E-state index in [0.29, 0.717) is 19.5 Å². The molecule has 0 saturated carbocycles. The summed E-state index contributed by atoms with van der Waals surface area (Å²) in [6, 6.07) is 7.83. The smallest absolute Gasteiger partial charge is 0.407 e. The molecule has 24 heavy (non-hydrogen) atoms. The molecule has 2 N–H and O–H groups in total. The van der Waals surface area contributed by atoms with E-state index in [1.807, 2.05) is 24.3 Å². The second kappa shape index (κ2) is 9.80. The number of benzene rings is 1. The number of carbonyl (C=O) groups excluding carboxylic acids is 2. The van der Waals surface area contributed by atoms with Crippen molar-refractivity contribution in [3.63, 3.8) is 0 Å². The molecule has 134 valence electrons. The zero-order valence-electron chi connectivity index (χ0n) is 15.0. The van der Waals surface area contributed by atoms with Gasteiger partial charge in [-0.05, 0) is 51.3 Å². The first-order chi connectivity index (χ1) is 11.3. The molecule has 0 radical (unpaired) electrons. The second-order valence-corrected chi connectivity index (χ2v) is 6.48. The van der Waals surface area contributed by atoms with Gasteiger partial charge in [-0.15, -0.1) is 0 Å². The fourth-order valence-corrected chi connectivity index (χ4v) is 2.01. The fraction of sp³-hybridized carbons (Fsp3) is 0.556. The number of hydrogen-bond acceptors (Lipinski definition) is 4. The molecule has 1 aromatic rings. The van der Waals surface area contributed by atoms with E-state index in [0.717, 1.165) is 18.6 Å². The number of carbonyl (C=O) groups is 2. The molecule has 6 heteroatoms. The minimum atomic E-state index is -0.519. The Bertz CT molecular complexity index is 521. The van der Waals surface area contributed by atoms with Crippen LogP contribution in [0.4, 0.5) is 4.79 Å². The first kappa shape index (κ1) is 19.8. The summed E-state index contributed by atoms with van der Waals surface area (Å²) in [6.45, 7) is 6.14. The van der Waals surface area contributed by atoms with E-state index in [1.54, 1.807) is 27.9 Å². The topological polar surface area (TPSA) is 76.7 Å². The predicted molar refractivity (Wildman–Crippen MR) is 93.2 cm³/mol. The van der Waals surface area contributed by atoms with Crippen LogP contribution in [0, 0.1) is 0 Å². The molecule has 1 rings (SSSR count). The number of methoxy groups -OCH3 is 1. The molecule has 0 aromatic heterocycles. The summed E-state index contributed by atoms with van der Waals surface area (Å²) in [7, 11) is 1.64. The van der Waals surface area contributed by atoms with Gasteiger partial charge < -0.3 is 20.1 Å². The van der Waals surface area contributed by atoms with Crippen LogP contribution in [0.15, 0.2) is 24.3 Å². The van der Waals surface area contributed by atoms with Crippen LogP contribution in [-0.4, -0.2) is 37.8 Å². The highest BCUT2D eigenvalue weighted by Crippen LogP contribution is 2.13. The first-order valence-electron chi connectivity index (χ1n) is 8.16. The summed E-state index contributed by atoms with van der Waals surface area (Å²) >= 11 is 0. The summed E-state index contributed by atoms with van der Waals surface area (Å²) in [5.41, 5.74) is 0.657. The highest BCUT2D eigenvalue weighted by atomic mass is 16.6. The molecular weight excluding hydrogens is 308 g/mol. The highest BCUT2D eigenvalue weighted by Gasteiger charge is 2.15. The molecule has 6 nitrogen and oxygen atoms in total. The average Bonchev–Trinajstić information content (AvgIpc) is 2.50. The predicted octanol–water partition coefficient (Wildman–Crippen LogP) is 2.66. The van der Waals surface area contributed by atoms with Crippen molar-refractivity contribution < 1.29 is 19.1 Å². The Morgan fingerprint density at radius 1 is 1.04 bits per heavy atom. The quantitative estimate of drug-likeness (QED) is 0.716. The van der Waals surface area contributed by atoms with Gasteiger partial charge in [-0.3, -0.25) is 4.79 Å². The molecule has 0 aliphatic heterocycles. The third-order valence-corrected chi connectivity index (χ3v) is 3.14. The average molecular weight is 336 g/mol. The lowest BCUT2D eigenvalue weighted by Gasteiger charge is -2.19. The molecule has 0 aliphatic rings. The summed E-state index contributed by atoms with van der Waals surface area (Å²) in [5.74, 6) is 0.809. The van der Waals surface area contributed by atoms with Gasteiger partial charge in [0.15, 0.2) is 0 Å². The van der Waals surface area contributed by atoms with Crippen LogP contribution in [0.1, 0.15) is 39.2 Å². The molecule has 1 aromatic carbocycles. The minimum absolute atomic E-state index is 0.0190. The first-order valence-corrected chi connectivity index (χ1v) is 8.16. The third-order valence-electron chi connectivity index (χ3n) is 3.14. The molecule has 0 atom stereocenters. The Labute approximate surface area is 143 Å². The Balaban J connectivity index is 2.10. The number of ether oxygens (including phenoxy) is 2. The van der Waals surface area contributed by atoms with E-state index >= 15 is 0 Å². The summed E-state index contributed by atoms with van der Waals surface area (Å²) in [4.78, 5) is 23.2. The van der Waals surface area contributed by atoms with Crippen LogP contribution >= 0.6 is 0 Å². The van der Waals surface area contributed by atoms with E-state index in [1.165, 1.54) is 5.56 Å². The Kier molecular flexibility index (Phi) is 8.09. The van der Waals surface area contributed by atoms with E-state index < -0.39 is 11.7 Å². The van der Waals surface area contributed by atoms with E-state index in [2.05, 4.69) is 10.6 Å². The van der Waals surface area contributed by atoms with Gasteiger partial charge in [-0.2, -0.15) is 0 Å². The van der Waals surface area contributed by atoms with Crippen molar-refractivity contribution in [3.05, 3.63) is 29.8 Å². The molecular formula is C18H28N2O4. The van der Waals surface area contributed by atoms with Crippen LogP contribution in [0.25, 0.3) is 0 Å². The standard InChI is InChI=1S/C18H28N2O4/c1-18(2,3)24-17(22)20-13-12-19-16(21)7-5-6-14-8-10-15(23-4)11-9-14/h8-11H,5-7,12-13H2,1-4H3,(H,19,21)(H,20,22). The molecule has 0 aliphatic carbocycles. The van der Waals surface area contributed by atoms with E-state index in [9.17, 15) is 9.59 Å². The number of hydrogen-bond donors (Lipinski definition) is 2. The van der Waals surface area contributed by atoms with Crippen molar-refractivity contribution in [1.29, 1.82) is 0 Å². The van der Waals surface area contributed by atoms with Crippen molar-refractivity contribution in [2.24, 2.45) is 0 Å². The Morgan fingerprint density at radius 2 is 1.67 bits per heavy atom. The summed E-state index contributed by atoms with van der Waals surface area (Å²) < 4.78 is 10.2. The van der Waals surface area contributed by atoms with Crippen LogP contribution in [0.5, 0.6) is 5.75 Å². The Morgan fingerprint density at radius 3 is 2.25 bits per heavy atom. The van der Waals surface area contributed by atoms with Crippen molar-refractivity contribution in [1.82, 2.24) is 10.6 Å². The van der Waals surface area contributed by atoms with Crippen molar-refractivity contribution >= 4 is 12.0 Å². The number of amides is 2. The van der Waals surface area contributed by atoms with Gasteiger partial charge in [-0.1, -0.05) is 12.1 Å². The van der Waals surface area contributed by atoms with Gasteiger partial charge in [0.1, 0.15) is 11.4 Å². The van der Waals surface area contributed by atoms with Crippen LogP contribution < -0.4 is 15.4 Å². The lowest BCUT2D eigenvalue weighted by atomic mass is 10.1. The number of alkyl carbamates (subject to hydrolysis) is 1. The molecule has 0 heterocycles. The van der Waals surface area contributed by atoms with Crippen LogP contribution in [0.2, 0.25) is 0 Å². The maximum atomic E-state index is 11.7. The monoisotopic (exact) mass is 336 g/mol. The highest BCUT2D eigenvalue weighted by molar-refractivity contribution is 5.76. The van der Waals surface area contributed by atoms with Crippen molar-refractivity contribution in [2.45, 2.75) is 45.6 Å². The minimum Gasteiger partial charge on any atom is -0.497 e. The lowest BCUT2D eigenvalue weighted by molar-refractivity contribution is -0.121. The molecule has 0 unspecified atom stereocenters. The number of rotatable bonds is 8. The largest absolute Gasteiger partial charge is 0.497 e.